The molecule has 1 aromatic rings. The van der Waals surface area contributed by atoms with Gasteiger partial charge in [0.05, 0.1) is 0 Å². The van der Waals surface area contributed by atoms with E-state index in [0.717, 1.165) is 5.56 Å². The summed E-state index contributed by atoms with van der Waals surface area (Å²) >= 11 is 0. The van der Waals surface area contributed by atoms with Crippen LogP contribution in [0.4, 0.5) is 0 Å². The normalized spacial score (nSPS) is 13.8. The van der Waals surface area contributed by atoms with Gasteiger partial charge in [0.25, 0.3) is 0 Å². The Balaban J connectivity index is 3.08. The molecule has 0 radical (unpaired) electrons. The van der Waals surface area contributed by atoms with Crippen LogP contribution in [0.3, 0.4) is 0 Å². The highest BCUT2D eigenvalue weighted by Crippen LogP contribution is 2.16. The summed E-state index contributed by atoms with van der Waals surface area (Å²) in [5.74, 6) is -2.01. The Morgan fingerprint density at radius 1 is 1.06 bits per heavy atom. The van der Waals surface area contributed by atoms with Gasteiger partial charge in [-0.2, -0.15) is 4.99 Å². The number of hydrogen-bond acceptors (Lipinski definition) is 5. The van der Waals surface area contributed by atoms with Crippen molar-refractivity contribution in [1.82, 2.24) is 10.2 Å². The maximum atomic E-state index is 13.1. The minimum absolute atomic E-state index is 0.0708. The fourth-order valence-electron chi connectivity index (χ4n) is 3.33. The number of aliphatic carboxylic acids is 1. The number of hydrogen-bond donors (Lipinski definition) is 2. The van der Waals surface area contributed by atoms with Crippen LogP contribution >= 0.6 is 0 Å². The van der Waals surface area contributed by atoms with Gasteiger partial charge < -0.3 is 15.3 Å². The topological polar surface area (TPSA) is 116 Å². The highest BCUT2D eigenvalue weighted by Gasteiger charge is 2.34. The molecule has 0 aliphatic rings. The number of amides is 2. The average molecular weight is 432 g/mol. The van der Waals surface area contributed by atoms with Gasteiger partial charge in [-0.15, -0.1) is 0 Å². The van der Waals surface area contributed by atoms with Crippen LogP contribution < -0.4 is 5.32 Å². The van der Waals surface area contributed by atoms with Crippen LogP contribution in [0.15, 0.2) is 35.3 Å². The van der Waals surface area contributed by atoms with Crippen molar-refractivity contribution in [3.05, 3.63) is 35.9 Å². The van der Waals surface area contributed by atoms with Crippen LogP contribution in [0.5, 0.6) is 0 Å². The van der Waals surface area contributed by atoms with E-state index < -0.39 is 35.9 Å². The number of carbonyl (C=O) groups excluding carboxylic acids is 3. The Morgan fingerprint density at radius 3 is 2.13 bits per heavy atom. The third kappa shape index (κ3) is 8.72. The molecular formula is C23H33N3O5. The average Bonchev–Trinajstić information content (AvgIpc) is 2.70. The number of aliphatic imine (C=N–C) groups is 1. The first-order valence-electron chi connectivity index (χ1n) is 10.5. The SMILES string of the molecule is CC(C)CC(NC(=O)C(CC(C)C)N(C)C(=O)C(Cc1ccccc1)N=C=O)C(=O)O. The summed E-state index contributed by atoms with van der Waals surface area (Å²) in [6.45, 7) is 7.56. The zero-order valence-corrected chi connectivity index (χ0v) is 18.9. The lowest BCUT2D eigenvalue weighted by Crippen LogP contribution is -2.54. The molecular weight excluding hydrogens is 398 g/mol. The third-order valence-electron chi connectivity index (χ3n) is 4.90. The number of nitrogens with zero attached hydrogens (tertiary/aromatic N) is 2. The Kier molecular flexibility index (Phi) is 10.6. The number of benzene rings is 1. The van der Waals surface area contributed by atoms with Crippen LogP contribution in [0.25, 0.3) is 0 Å². The second kappa shape index (κ2) is 12.6. The first-order chi connectivity index (χ1) is 14.6. The molecule has 0 aliphatic heterocycles. The van der Waals surface area contributed by atoms with Gasteiger partial charge in [0.2, 0.25) is 17.9 Å². The van der Waals surface area contributed by atoms with Gasteiger partial charge in [0, 0.05) is 13.5 Å². The first-order valence-corrected chi connectivity index (χ1v) is 10.5. The van der Waals surface area contributed by atoms with Crippen molar-refractivity contribution in [3.8, 4) is 0 Å². The van der Waals surface area contributed by atoms with Crippen molar-refractivity contribution >= 4 is 23.9 Å². The van der Waals surface area contributed by atoms with E-state index in [0.29, 0.717) is 6.42 Å². The van der Waals surface area contributed by atoms with E-state index in [1.165, 1.54) is 18.0 Å². The molecule has 2 amide bonds. The van der Waals surface area contributed by atoms with Crippen LogP contribution in [0.1, 0.15) is 46.1 Å². The largest absolute Gasteiger partial charge is 0.480 e. The van der Waals surface area contributed by atoms with E-state index in [4.69, 9.17) is 0 Å². The number of nitrogens with one attached hydrogen (secondary N) is 1. The van der Waals surface area contributed by atoms with Gasteiger partial charge in [-0.1, -0.05) is 58.0 Å². The van der Waals surface area contributed by atoms with Crippen molar-refractivity contribution < 1.29 is 24.3 Å². The molecule has 0 saturated heterocycles. The lowest BCUT2D eigenvalue weighted by molar-refractivity contribution is -0.145. The monoisotopic (exact) mass is 431 g/mol. The molecule has 0 aliphatic carbocycles. The number of isocyanates is 1. The van der Waals surface area contributed by atoms with E-state index in [1.54, 1.807) is 0 Å². The molecule has 3 atom stereocenters. The van der Waals surface area contributed by atoms with Crippen LogP contribution in [-0.2, 0) is 25.6 Å². The van der Waals surface area contributed by atoms with Gasteiger partial charge in [-0.3, -0.25) is 9.59 Å². The molecule has 0 bridgehead atoms. The first kappa shape index (κ1) is 26.0. The molecule has 0 fully saturated rings. The maximum Gasteiger partial charge on any atom is 0.326 e. The quantitative estimate of drug-likeness (QED) is 0.389. The Morgan fingerprint density at radius 2 is 1.65 bits per heavy atom. The summed E-state index contributed by atoms with van der Waals surface area (Å²) in [6, 6.07) is 6.18. The van der Waals surface area contributed by atoms with Crippen molar-refractivity contribution in [1.29, 1.82) is 0 Å². The number of carboxylic acids is 1. The molecule has 3 unspecified atom stereocenters. The molecule has 0 aromatic heterocycles. The number of carboxylic acid groups (broad SMARTS) is 1. The molecule has 1 rings (SSSR count). The lowest BCUT2D eigenvalue weighted by atomic mass is 9.98. The van der Waals surface area contributed by atoms with E-state index >= 15 is 0 Å². The standard InChI is InChI=1S/C23H33N3O5/c1-15(2)11-19(23(30)31)25-21(28)20(12-16(3)4)26(5)22(29)18(24-14-27)13-17-9-7-6-8-10-17/h6-10,15-16,18-20H,11-13H2,1-5H3,(H,25,28)(H,30,31). The van der Waals surface area contributed by atoms with Gasteiger partial charge in [0.1, 0.15) is 18.1 Å². The molecule has 8 nitrogen and oxygen atoms in total. The second-order valence-electron chi connectivity index (χ2n) is 8.55. The van der Waals surface area contributed by atoms with E-state index in [-0.39, 0.29) is 24.7 Å². The van der Waals surface area contributed by atoms with Crippen molar-refractivity contribution in [2.75, 3.05) is 7.05 Å². The Labute approximate surface area is 183 Å². The fraction of sp³-hybridized carbons (Fsp3) is 0.565. The molecule has 31 heavy (non-hydrogen) atoms. The molecule has 0 saturated carbocycles. The second-order valence-corrected chi connectivity index (χ2v) is 8.55. The van der Waals surface area contributed by atoms with Gasteiger partial charge >= 0.3 is 5.97 Å². The minimum Gasteiger partial charge on any atom is -0.480 e. The van der Waals surface area contributed by atoms with E-state index in [1.807, 2.05) is 58.0 Å². The summed E-state index contributed by atoms with van der Waals surface area (Å²) in [6.07, 6.45) is 2.26. The van der Waals surface area contributed by atoms with E-state index in [2.05, 4.69) is 10.3 Å². The summed E-state index contributed by atoms with van der Waals surface area (Å²) < 4.78 is 0. The van der Waals surface area contributed by atoms with Gasteiger partial charge in [-0.05, 0) is 30.2 Å². The summed E-state index contributed by atoms with van der Waals surface area (Å²) in [5, 5.41) is 12.0. The zero-order valence-electron chi connectivity index (χ0n) is 18.9. The van der Waals surface area contributed by atoms with Crippen molar-refractivity contribution in [2.45, 2.75) is 65.1 Å². The third-order valence-corrected chi connectivity index (χ3v) is 4.90. The number of likely N-dealkylation sites (N-methyl/N-ethyl adjacent to an activating group) is 1. The Bertz CT molecular complexity index is 788. The molecule has 0 heterocycles. The van der Waals surface area contributed by atoms with Crippen molar-refractivity contribution in [2.24, 2.45) is 16.8 Å². The fourth-order valence-corrected chi connectivity index (χ4v) is 3.33. The number of carbonyl (C=O) groups is 3. The Hall–Kier alpha value is -2.99. The summed E-state index contributed by atoms with van der Waals surface area (Å²) in [7, 11) is 1.48. The smallest absolute Gasteiger partial charge is 0.326 e. The maximum absolute atomic E-state index is 13.1. The van der Waals surface area contributed by atoms with Crippen molar-refractivity contribution in [3.63, 3.8) is 0 Å². The molecule has 8 heteroatoms. The highest BCUT2D eigenvalue weighted by atomic mass is 16.4. The molecule has 0 spiro atoms. The molecule has 2 N–H and O–H groups in total. The number of rotatable bonds is 12. The predicted octanol–water partition coefficient (Wildman–Crippen LogP) is 2.42. The van der Waals surface area contributed by atoms with Gasteiger partial charge in [-0.25, -0.2) is 9.59 Å². The molecule has 1 aromatic carbocycles. The predicted molar refractivity (Wildman–Crippen MR) is 117 cm³/mol. The molecule has 170 valence electrons. The lowest BCUT2D eigenvalue weighted by Gasteiger charge is -2.31. The van der Waals surface area contributed by atoms with Crippen LogP contribution in [0.2, 0.25) is 0 Å². The zero-order chi connectivity index (χ0) is 23.6. The minimum atomic E-state index is -1.12. The highest BCUT2D eigenvalue weighted by molar-refractivity contribution is 5.92. The summed E-state index contributed by atoms with van der Waals surface area (Å²) in [5.41, 5.74) is 0.820. The van der Waals surface area contributed by atoms with E-state index in [9.17, 15) is 24.3 Å². The van der Waals surface area contributed by atoms with Crippen LogP contribution in [0, 0.1) is 11.8 Å². The summed E-state index contributed by atoms with van der Waals surface area (Å²) in [4.78, 5) is 53.5. The van der Waals surface area contributed by atoms with Gasteiger partial charge in [0.15, 0.2) is 0 Å². The van der Waals surface area contributed by atoms with Crippen LogP contribution in [-0.4, -0.2) is 59.0 Å².